The molecule has 0 atom stereocenters. The van der Waals surface area contributed by atoms with E-state index in [1.807, 2.05) is 6.07 Å². The molecule has 0 spiro atoms. The number of hydrazine groups is 1. The first kappa shape index (κ1) is 12.6. The molecule has 1 fully saturated rings. The predicted octanol–water partition coefficient (Wildman–Crippen LogP) is 2.05. The van der Waals surface area contributed by atoms with Crippen molar-refractivity contribution in [1.29, 1.82) is 0 Å². The number of nitrogens with zero attached hydrogens (tertiary/aromatic N) is 3. The van der Waals surface area contributed by atoms with Crippen molar-refractivity contribution in [2.75, 3.05) is 27.2 Å². The first-order valence-corrected chi connectivity index (χ1v) is 6.22. The monoisotopic (exact) mass is 255 g/mol. The van der Waals surface area contributed by atoms with Crippen molar-refractivity contribution in [1.82, 2.24) is 15.0 Å². The van der Waals surface area contributed by atoms with Crippen LogP contribution in [0, 0.1) is 0 Å². The second-order valence-corrected chi connectivity index (χ2v) is 4.89. The van der Waals surface area contributed by atoms with Crippen molar-refractivity contribution < 1.29 is 4.74 Å². The maximum Gasteiger partial charge on any atom is 0.139 e. The highest BCUT2D eigenvalue weighted by atomic mass is 35.5. The molecule has 0 saturated carbocycles. The molecule has 1 aromatic rings. The van der Waals surface area contributed by atoms with Crippen molar-refractivity contribution >= 4 is 11.6 Å². The van der Waals surface area contributed by atoms with Crippen LogP contribution in [-0.4, -0.2) is 48.3 Å². The average Bonchev–Trinajstić information content (AvgIpc) is 2.29. The maximum absolute atomic E-state index is 5.87. The molecular formula is C12H18ClN3O. The molecule has 1 saturated heterocycles. The molecule has 1 aromatic heterocycles. The van der Waals surface area contributed by atoms with E-state index >= 15 is 0 Å². The Hall–Kier alpha value is -0.840. The molecule has 0 N–H and O–H groups in total. The van der Waals surface area contributed by atoms with Crippen LogP contribution in [-0.2, 0) is 0 Å². The third-order valence-electron chi connectivity index (χ3n) is 2.97. The summed E-state index contributed by atoms with van der Waals surface area (Å²) in [5.41, 5.74) is 0. The summed E-state index contributed by atoms with van der Waals surface area (Å²) in [6, 6.07) is 1.81. The molecule has 1 aliphatic rings. The van der Waals surface area contributed by atoms with Gasteiger partial charge < -0.3 is 4.74 Å². The van der Waals surface area contributed by atoms with Gasteiger partial charge in [-0.25, -0.2) is 10.0 Å². The van der Waals surface area contributed by atoms with Crippen LogP contribution < -0.4 is 4.74 Å². The van der Waals surface area contributed by atoms with Gasteiger partial charge in [0.2, 0.25) is 0 Å². The summed E-state index contributed by atoms with van der Waals surface area (Å²) in [4.78, 5) is 4.02. The molecule has 17 heavy (non-hydrogen) atoms. The minimum absolute atomic E-state index is 0.270. The number of aromatic nitrogens is 1. The van der Waals surface area contributed by atoms with Crippen LogP contribution in [0.3, 0.4) is 0 Å². The minimum atomic E-state index is 0.270. The summed E-state index contributed by atoms with van der Waals surface area (Å²) in [7, 11) is 4.14. The van der Waals surface area contributed by atoms with Gasteiger partial charge in [-0.05, 0) is 12.8 Å². The zero-order chi connectivity index (χ0) is 12.3. The lowest BCUT2D eigenvalue weighted by molar-refractivity contribution is -0.0232. The molecule has 0 radical (unpaired) electrons. The van der Waals surface area contributed by atoms with Gasteiger partial charge in [-0.15, -0.1) is 0 Å². The van der Waals surface area contributed by atoms with Crippen LogP contribution in [0.5, 0.6) is 5.75 Å². The van der Waals surface area contributed by atoms with Crippen LogP contribution in [0.25, 0.3) is 0 Å². The lowest BCUT2D eigenvalue weighted by Crippen LogP contribution is -2.45. The van der Waals surface area contributed by atoms with E-state index in [0.29, 0.717) is 5.02 Å². The third kappa shape index (κ3) is 3.56. The summed E-state index contributed by atoms with van der Waals surface area (Å²) >= 11 is 5.87. The Morgan fingerprint density at radius 2 is 2.06 bits per heavy atom. The molecule has 1 aliphatic heterocycles. The Bertz CT molecular complexity index is 365. The highest BCUT2D eigenvalue weighted by molar-refractivity contribution is 6.30. The zero-order valence-electron chi connectivity index (χ0n) is 10.3. The van der Waals surface area contributed by atoms with E-state index in [1.54, 1.807) is 12.4 Å². The fourth-order valence-corrected chi connectivity index (χ4v) is 2.17. The fraction of sp³-hybridized carbons (Fsp3) is 0.583. The lowest BCUT2D eigenvalue weighted by Gasteiger charge is -2.35. The number of ether oxygens (including phenoxy) is 1. The third-order valence-corrected chi connectivity index (χ3v) is 3.17. The zero-order valence-corrected chi connectivity index (χ0v) is 11.0. The summed E-state index contributed by atoms with van der Waals surface area (Å²) in [5.74, 6) is 0.765. The molecule has 94 valence electrons. The van der Waals surface area contributed by atoms with E-state index in [1.165, 1.54) is 0 Å². The van der Waals surface area contributed by atoms with Gasteiger partial charge in [0.25, 0.3) is 0 Å². The number of piperidine rings is 1. The molecule has 0 amide bonds. The van der Waals surface area contributed by atoms with Crippen LogP contribution >= 0.6 is 11.6 Å². The number of halogens is 1. The molecule has 2 heterocycles. The quantitative estimate of drug-likeness (QED) is 0.827. The van der Waals surface area contributed by atoms with Gasteiger partial charge in [0.1, 0.15) is 11.9 Å². The number of rotatable bonds is 3. The van der Waals surface area contributed by atoms with Crippen molar-refractivity contribution in [2.45, 2.75) is 18.9 Å². The van der Waals surface area contributed by atoms with Gasteiger partial charge in [0.05, 0.1) is 11.2 Å². The summed E-state index contributed by atoms with van der Waals surface area (Å²) in [5, 5.41) is 5.07. The maximum atomic E-state index is 5.87. The SMILES string of the molecule is CN(C)N1CCC(Oc2cncc(Cl)c2)CC1. The summed E-state index contributed by atoms with van der Waals surface area (Å²) in [6.07, 6.45) is 5.66. The number of pyridine rings is 1. The average molecular weight is 256 g/mol. The van der Waals surface area contributed by atoms with Crippen molar-refractivity contribution in [3.05, 3.63) is 23.5 Å². The second kappa shape index (κ2) is 5.67. The summed E-state index contributed by atoms with van der Waals surface area (Å²) in [6.45, 7) is 2.07. The van der Waals surface area contributed by atoms with E-state index in [2.05, 4.69) is 29.1 Å². The van der Waals surface area contributed by atoms with E-state index in [4.69, 9.17) is 16.3 Å². The molecule has 2 rings (SSSR count). The van der Waals surface area contributed by atoms with Gasteiger partial charge in [-0.1, -0.05) is 11.6 Å². The Morgan fingerprint density at radius 3 is 2.65 bits per heavy atom. The van der Waals surface area contributed by atoms with Crippen LogP contribution in [0.4, 0.5) is 0 Å². The van der Waals surface area contributed by atoms with Gasteiger partial charge in [0, 0.05) is 39.4 Å². The smallest absolute Gasteiger partial charge is 0.139 e. The Morgan fingerprint density at radius 1 is 1.35 bits per heavy atom. The predicted molar refractivity (Wildman–Crippen MR) is 68.2 cm³/mol. The Labute approximate surface area is 107 Å². The topological polar surface area (TPSA) is 28.6 Å². The summed E-state index contributed by atoms with van der Waals surface area (Å²) < 4.78 is 5.87. The first-order valence-electron chi connectivity index (χ1n) is 5.84. The van der Waals surface area contributed by atoms with E-state index in [9.17, 15) is 0 Å². The molecule has 4 nitrogen and oxygen atoms in total. The van der Waals surface area contributed by atoms with Crippen molar-refractivity contribution in [3.63, 3.8) is 0 Å². The van der Waals surface area contributed by atoms with Crippen molar-refractivity contribution in [2.24, 2.45) is 0 Å². The minimum Gasteiger partial charge on any atom is -0.489 e. The number of hydrogen-bond acceptors (Lipinski definition) is 4. The van der Waals surface area contributed by atoms with Crippen LogP contribution in [0.2, 0.25) is 5.02 Å². The van der Waals surface area contributed by atoms with Crippen LogP contribution in [0.15, 0.2) is 18.5 Å². The Balaban J connectivity index is 1.86. The molecule has 0 aliphatic carbocycles. The highest BCUT2D eigenvalue weighted by Crippen LogP contribution is 2.21. The van der Waals surface area contributed by atoms with E-state index in [0.717, 1.165) is 31.7 Å². The normalized spacial score (nSPS) is 18.6. The van der Waals surface area contributed by atoms with E-state index in [-0.39, 0.29) is 6.10 Å². The van der Waals surface area contributed by atoms with Gasteiger partial charge in [-0.3, -0.25) is 4.98 Å². The van der Waals surface area contributed by atoms with E-state index < -0.39 is 0 Å². The first-order chi connectivity index (χ1) is 8.15. The largest absolute Gasteiger partial charge is 0.489 e. The number of hydrogen-bond donors (Lipinski definition) is 0. The van der Waals surface area contributed by atoms with Gasteiger partial charge in [0.15, 0.2) is 0 Å². The second-order valence-electron chi connectivity index (χ2n) is 4.46. The van der Waals surface area contributed by atoms with Gasteiger partial charge in [-0.2, -0.15) is 0 Å². The molecule has 0 aromatic carbocycles. The highest BCUT2D eigenvalue weighted by Gasteiger charge is 2.21. The fourth-order valence-electron chi connectivity index (χ4n) is 2.01. The molecular weight excluding hydrogens is 238 g/mol. The van der Waals surface area contributed by atoms with Crippen LogP contribution in [0.1, 0.15) is 12.8 Å². The van der Waals surface area contributed by atoms with Gasteiger partial charge >= 0.3 is 0 Å². The Kier molecular flexibility index (Phi) is 4.20. The standard InChI is InChI=1S/C12H18ClN3O/c1-15(2)16-5-3-11(4-6-16)17-12-7-10(13)8-14-9-12/h7-9,11H,3-6H2,1-2H3. The molecule has 0 bridgehead atoms. The molecule has 0 unspecified atom stereocenters. The lowest BCUT2D eigenvalue weighted by atomic mass is 10.1. The molecule has 5 heteroatoms. The van der Waals surface area contributed by atoms with Crippen molar-refractivity contribution in [3.8, 4) is 5.75 Å².